The molecule has 2 aromatic rings. The van der Waals surface area contributed by atoms with Crippen LogP contribution < -0.4 is 9.46 Å². The van der Waals surface area contributed by atoms with Crippen LogP contribution in [-0.2, 0) is 20.8 Å². The Balaban J connectivity index is 2.48. The minimum atomic E-state index is -3.60. The average Bonchev–Trinajstić information content (AvgIpc) is 2.41. The van der Waals surface area contributed by atoms with Gasteiger partial charge in [-0.25, -0.2) is 17.2 Å². The Bertz CT molecular complexity index is 869. The summed E-state index contributed by atoms with van der Waals surface area (Å²) in [4.78, 5) is 0.363. The van der Waals surface area contributed by atoms with Gasteiger partial charge in [-0.3, -0.25) is 8.93 Å². The number of benzene rings is 2. The van der Waals surface area contributed by atoms with E-state index in [1.165, 1.54) is 24.5 Å². The SMILES string of the molecule is CS(=O)c1ccc(NS(C)(=O)=O)c(Oc2ccc(F)cc2F)c1. The smallest absolute Gasteiger partial charge is 0.229 e. The van der Waals surface area contributed by atoms with E-state index in [0.717, 1.165) is 18.4 Å². The molecule has 2 aromatic carbocycles. The molecule has 0 amide bonds. The van der Waals surface area contributed by atoms with Gasteiger partial charge in [-0.1, -0.05) is 0 Å². The number of anilines is 1. The van der Waals surface area contributed by atoms with Crippen molar-refractivity contribution < 1.29 is 26.1 Å². The third-order valence-electron chi connectivity index (χ3n) is 2.69. The summed E-state index contributed by atoms with van der Waals surface area (Å²) in [6.07, 6.45) is 2.38. The van der Waals surface area contributed by atoms with Gasteiger partial charge in [-0.05, 0) is 30.3 Å². The van der Waals surface area contributed by atoms with Crippen LogP contribution in [0.4, 0.5) is 14.5 Å². The molecule has 23 heavy (non-hydrogen) atoms. The van der Waals surface area contributed by atoms with Crippen molar-refractivity contribution in [2.75, 3.05) is 17.2 Å². The monoisotopic (exact) mass is 361 g/mol. The van der Waals surface area contributed by atoms with E-state index in [1.54, 1.807) is 0 Å². The fourth-order valence-corrected chi connectivity index (χ4v) is 2.83. The summed E-state index contributed by atoms with van der Waals surface area (Å²) in [7, 11) is -4.95. The molecule has 0 aliphatic carbocycles. The third-order valence-corrected chi connectivity index (χ3v) is 4.20. The molecule has 124 valence electrons. The lowest BCUT2D eigenvalue weighted by atomic mass is 10.3. The topological polar surface area (TPSA) is 72.5 Å². The van der Waals surface area contributed by atoms with Crippen LogP contribution >= 0.6 is 0 Å². The van der Waals surface area contributed by atoms with E-state index in [4.69, 9.17) is 4.74 Å². The van der Waals surface area contributed by atoms with Crippen molar-refractivity contribution in [1.29, 1.82) is 0 Å². The first-order chi connectivity index (χ1) is 10.7. The number of sulfonamides is 1. The van der Waals surface area contributed by atoms with Crippen LogP contribution in [0.5, 0.6) is 11.5 Å². The van der Waals surface area contributed by atoms with E-state index >= 15 is 0 Å². The van der Waals surface area contributed by atoms with Gasteiger partial charge in [0.2, 0.25) is 10.0 Å². The summed E-state index contributed by atoms with van der Waals surface area (Å²) in [5.41, 5.74) is 0.0467. The Morgan fingerprint density at radius 3 is 2.35 bits per heavy atom. The summed E-state index contributed by atoms with van der Waals surface area (Å²) in [6, 6.07) is 6.85. The van der Waals surface area contributed by atoms with Gasteiger partial charge in [0, 0.05) is 28.0 Å². The van der Waals surface area contributed by atoms with E-state index in [-0.39, 0.29) is 17.2 Å². The summed E-state index contributed by atoms with van der Waals surface area (Å²) < 4.78 is 68.5. The van der Waals surface area contributed by atoms with Crippen LogP contribution in [0.15, 0.2) is 41.3 Å². The van der Waals surface area contributed by atoms with Crippen molar-refractivity contribution in [2.45, 2.75) is 4.90 Å². The highest BCUT2D eigenvalue weighted by atomic mass is 32.2. The highest BCUT2D eigenvalue weighted by Crippen LogP contribution is 2.33. The van der Waals surface area contributed by atoms with E-state index in [1.807, 2.05) is 0 Å². The quantitative estimate of drug-likeness (QED) is 0.889. The van der Waals surface area contributed by atoms with E-state index in [2.05, 4.69) is 4.72 Å². The molecule has 0 spiro atoms. The second kappa shape index (κ2) is 6.63. The average molecular weight is 361 g/mol. The molecule has 5 nitrogen and oxygen atoms in total. The van der Waals surface area contributed by atoms with E-state index < -0.39 is 32.5 Å². The molecule has 0 saturated carbocycles. The summed E-state index contributed by atoms with van der Waals surface area (Å²) in [5.74, 6) is -2.05. The first-order valence-corrected chi connectivity index (χ1v) is 9.69. The molecule has 2 rings (SSSR count). The molecular formula is C14H13F2NO4S2. The molecule has 1 atom stereocenters. The van der Waals surface area contributed by atoms with E-state index in [9.17, 15) is 21.4 Å². The molecule has 0 aliphatic heterocycles. The number of hydrogen-bond acceptors (Lipinski definition) is 4. The number of halogens is 2. The van der Waals surface area contributed by atoms with Gasteiger partial charge < -0.3 is 4.74 Å². The van der Waals surface area contributed by atoms with Crippen LogP contribution in [0.25, 0.3) is 0 Å². The molecule has 0 bridgehead atoms. The Labute approximate surface area is 134 Å². The van der Waals surface area contributed by atoms with Gasteiger partial charge >= 0.3 is 0 Å². The number of hydrogen-bond donors (Lipinski definition) is 1. The maximum Gasteiger partial charge on any atom is 0.229 e. The molecule has 0 heterocycles. The van der Waals surface area contributed by atoms with Crippen molar-refractivity contribution in [3.63, 3.8) is 0 Å². The van der Waals surface area contributed by atoms with Crippen molar-refractivity contribution in [3.8, 4) is 11.5 Å². The Hall–Kier alpha value is -2.00. The Kier molecular flexibility index (Phi) is 5.00. The zero-order chi connectivity index (χ0) is 17.2. The van der Waals surface area contributed by atoms with Gasteiger partial charge in [0.05, 0.1) is 11.9 Å². The maximum absolute atomic E-state index is 13.7. The first-order valence-electron chi connectivity index (χ1n) is 6.24. The molecular weight excluding hydrogens is 348 g/mol. The van der Waals surface area contributed by atoms with Crippen molar-refractivity contribution in [1.82, 2.24) is 0 Å². The van der Waals surface area contributed by atoms with Crippen LogP contribution in [0, 0.1) is 11.6 Å². The second-order valence-corrected chi connectivity index (χ2v) is 7.79. The number of nitrogens with one attached hydrogen (secondary N) is 1. The molecule has 0 saturated heterocycles. The summed E-state index contributed by atoms with van der Waals surface area (Å²) in [6.45, 7) is 0. The molecule has 0 radical (unpaired) electrons. The normalized spacial score (nSPS) is 12.7. The maximum atomic E-state index is 13.7. The predicted molar refractivity (Wildman–Crippen MR) is 83.7 cm³/mol. The summed E-state index contributed by atoms with van der Waals surface area (Å²) in [5, 5.41) is 0. The van der Waals surface area contributed by atoms with Crippen molar-refractivity contribution in [3.05, 3.63) is 48.0 Å². The van der Waals surface area contributed by atoms with Gasteiger partial charge in [0.1, 0.15) is 5.82 Å². The van der Waals surface area contributed by atoms with Crippen LogP contribution in [0.3, 0.4) is 0 Å². The fourth-order valence-electron chi connectivity index (χ4n) is 1.73. The highest BCUT2D eigenvalue weighted by molar-refractivity contribution is 7.92. The molecule has 0 aromatic heterocycles. The second-order valence-electron chi connectivity index (χ2n) is 4.66. The predicted octanol–water partition coefficient (Wildman–Crippen LogP) is 2.87. The van der Waals surface area contributed by atoms with E-state index in [0.29, 0.717) is 11.0 Å². The molecule has 1 unspecified atom stereocenters. The molecule has 0 aliphatic rings. The fraction of sp³-hybridized carbons (Fsp3) is 0.143. The lowest BCUT2D eigenvalue weighted by Crippen LogP contribution is -2.10. The molecule has 0 fully saturated rings. The number of rotatable bonds is 5. The zero-order valence-corrected chi connectivity index (χ0v) is 13.8. The van der Waals surface area contributed by atoms with Gasteiger partial charge in [0.25, 0.3) is 0 Å². The first kappa shape index (κ1) is 17.4. The third kappa shape index (κ3) is 4.73. The van der Waals surface area contributed by atoms with Gasteiger partial charge in [0.15, 0.2) is 17.3 Å². The van der Waals surface area contributed by atoms with Crippen LogP contribution in [-0.4, -0.2) is 25.1 Å². The van der Waals surface area contributed by atoms with Crippen LogP contribution in [0.2, 0.25) is 0 Å². The van der Waals surface area contributed by atoms with Crippen LogP contribution in [0.1, 0.15) is 0 Å². The lowest BCUT2D eigenvalue weighted by Gasteiger charge is -2.13. The largest absolute Gasteiger partial charge is 0.452 e. The standard InChI is InChI=1S/C14H13F2NO4S2/c1-22(18)10-4-5-12(17-23(2,19)20)14(8-10)21-13-6-3-9(15)7-11(13)16/h3-8,17H,1-2H3. The lowest BCUT2D eigenvalue weighted by molar-refractivity contribution is 0.438. The number of ether oxygens (including phenoxy) is 1. The molecule has 9 heteroatoms. The minimum absolute atomic E-state index is 0.0467. The zero-order valence-electron chi connectivity index (χ0n) is 12.2. The van der Waals surface area contributed by atoms with Gasteiger partial charge in [-0.15, -0.1) is 0 Å². The Morgan fingerprint density at radius 2 is 1.78 bits per heavy atom. The van der Waals surface area contributed by atoms with Crippen molar-refractivity contribution in [2.24, 2.45) is 0 Å². The molecule has 1 N–H and O–H groups in total. The minimum Gasteiger partial charge on any atom is -0.452 e. The summed E-state index contributed by atoms with van der Waals surface area (Å²) >= 11 is 0. The highest BCUT2D eigenvalue weighted by Gasteiger charge is 2.14. The van der Waals surface area contributed by atoms with Crippen molar-refractivity contribution >= 4 is 26.5 Å². The Morgan fingerprint density at radius 1 is 1.09 bits per heavy atom. The van der Waals surface area contributed by atoms with Gasteiger partial charge in [-0.2, -0.15) is 0 Å².